The Morgan fingerprint density at radius 1 is 1.11 bits per heavy atom. The number of aromatic nitrogens is 2. The minimum atomic E-state index is 0.680. The van der Waals surface area contributed by atoms with Gasteiger partial charge in [-0.3, -0.25) is 4.40 Å². The number of hydrogen-bond acceptors (Lipinski definition) is 3. The van der Waals surface area contributed by atoms with E-state index in [2.05, 4.69) is 4.98 Å². The van der Waals surface area contributed by atoms with Crippen molar-refractivity contribution in [3.05, 3.63) is 48.7 Å². The Morgan fingerprint density at radius 3 is 2.56 bits per heavy atom. The molecular weight excluding hydrogens is 226 g/mol. The molecule has 0 saturated heterocycles. The molecular formula is C14H13N3O. The zero-order valence-electron chi connectivity index (χ0n) is 10.00. The first-order valence-electron chi connectivity index (χ1n) is 5.66. The fourth-order valence-corrected chi connectivity index (χ4v) is 1.93. The summed E-state index contributed by atoms with van der Waals surface area (Å²) in [5, 5.41) is 0. The Bertz CT molecular complexity index is 686. The number of benzene rings is 1. The average molecular weight is 239 g/mol. The topological polar surface area (TPSA) is 52.5 Å². The highest BCUT2D eigenvalue weighted by molar-refractivity contribution is 5.64. The smallest absolute Gasteiger partial charge is 0.139 e. The van der Waals surface area contributed by atoms with Crippen LogP contribution >= 0.6 is 0 Å². The molecule has 0 radical (unpaired) electrons. The summed E-state index contributed by atoms with van der Waals surface area (Å²) in [5.74, 6) is 1.52. The normalized spacial score (nSPS) is 10.7. The number of hydrogen-bond donors (Lipinski definition) is 1. The second-order valence-corrected chi connectivity index (χ2v) is 4.03. The van der Waals surface area contributed by atoms with Crippen LogP contribution in [-0.4, -0.2) is 16.5 Å². The van der Waals surface area contributed by atoms with Crippen LogP contribution < -0.4 is 10.5 Å². The molecule has 4 heteroatoms. The molecule has 18 heavy (non-hydrogen) atoms. The minimum Gasteiger partial charge on any atom is -0.497 e. The van der Waals surface area contributed by atoms with Crippen LogP contribution in [0.3, 0.4) is 0 Å². The molecule has 2 N–H and O–H groups in total. The molecule has 0 bridgehead atoms. The Hall–Kier alpha value is -2.49. The van der Waals surface area contributed by atoms with E-state index in [0.717, 1.165) is 22.7 Å². The lowest BCUT2D eigenvalue weighted by Crippen LogP contribution is -1.93. The summed E-state index contributed by atoms with van der Waals surface area (Å²) >= 11 is 0. The van der Waals surface area contributed by atoms with Crippen LogP contribution in [0.15, 0.2) is 48.7 Å². The van der Waals surface area contributed by atoms with Crippen LogP contribution in [0.1, 0.15) is 0 Å². The number of imidazole rings is 1. The van der Waals surface area contributed by atoms with E-state index in [9.17, 15) is 0 Å². The molecule has 3 aromatic rings. The minimum absolute atomic E-state index is 0.680. The van der Waals surface area contributed by atoms with Crippen molar-refractivity contribution in [2.75, 3.05) is 12.8 Å². The number of nitrogen functional groups attached to an aromatic ring is 1. The fourth-order valence-electron chi connectivity index (χ4n) is 1.93. The molecule has 0 aliphatic carbocycles. The van der Waals surface area contributed by atoms with Gasteiger partial charge in [-0.25, -0.2) is 4.98 Å². The van der Waals surface area contributed by atoms with Crippen molar-refractivity contribution in [3.8, 4) is 17.0 Å². The molecule has 0 saturated carbocycles. The van der Waals surface area contributed by atoms with Crippen LogP contribution in [0.25, 0.3) is 16.9 Å². The van der Waals surface area contributed by atoms with Gasteiger partial charge in [-0.1, -0.05) is 6.07 Å². The van der Waals surface area contributed by atoms with Gasteiger partial charge in [0, 0.05) is 11.8 Å². The zero-order chi connectivity index (χ0) is 12.5. The first-order valence-corrected chi connectivity index (χ1v) is 5.66. The lowest BCUT2D eigenvalue weighted by atomic mass is 10.2. The molecule has 90 valence electrons. The van der Waals surface area contributed by atoms with E-state index in [-0.39, 0.29) is 0 Å². The van der Waals surface area contributed by atoms with Gasteiger partial charge in [0.2, 0.25) is 0 Å². The number of rotatable bonds is 2. The van der Waals surface area contributed by atoms with Crippen LogP contribution in [0.4, 0.5) is 5.82 Å². The third-order valence-electron chi connectivity index (χ3n) is 2.91. The summed E-state index contributed by atoms with van der Waals surface area (Å²) in [4.78, 5) is 4.54. The van der Waals surface area contributed by atoms with Gasteiger partial charge >= 0.3 is 0 Å². The van der Waals surface area contributed by atoms with Crippen molar-refractivity contribution >= 4 is 11.5 Å². The van der Waals surface area contributed by atoms with E-state index in [4.69, 9.17) is 10.5 Å². The first-order chi connectivity index (χ1) is 8.78. The number of methoxy groups -OCH3 is 1. The molecule has 2 aromatic heterocycles. The quantitative estimate of drug-likeness (QED) is 0.747. The van der Waals surface area contributed by atoms with Gasteiger partial charge in [0.15, 0.2) is 0 Å². The largest absolute Gasteiger partial charge is 0.497 e. The molecule has 0 amide bonds. The van der Waals surface area contributed by atoms with Crippen molar-refractivity contribution in [2.45, 2.75) is 0 Å². The molecule has 0 atom stereocenters. The summed E-state index contributed by atoms with van der Waals surface area (Å²) in [6.07, 6.45) is 1.94. The number of pyridine rings is 1. The lowest BCUT2D eigenvalue weighted by molar-refractivity contribution is 0.415. The molecule has 3 rings (SSSR count). The Kier molecular flexibility index (Phi) is 2.41. The van der Waals surface area contributed by atoms with Gasteiger partial charge < -0.3 is 10.5 Å². The summed E-state index contributed by atoms with van der Waals surface area (Å²) in [7, 11) is 1.65. The van der Waals surface area contributed by atoms with Crippen molar-refractivity contribution < 1.29 is 4.74 Å². The predicted molar refractivity (Wildman–Crippen MR) is 71.6 cm³/mol. The standard InChI is InChI=1S/C14H13N3O/c1-18-11-7-5-10(6-8-11)12-9-17-13(15)3-2-4-14(17)16-12/h2-9H,15H2,1H3. The fraction of sp³-hybridized carbons (Fsp3) is 0.0714. The number of anilines is 1. The van der Waals surface area contributed by atoms with E-state index in [1.807, 2.05) is 53.1 Å². The summed E-state index contributed by atoms with van der Waals surface area (Å²) in [6.45, 7) is 0. The van der Waals surface area contributed by atoms with Gasteiger partial charge in [0.05, 0.1) is 12.8 Å². The Balaban J connectivity index is 2.10. The molecule has 1 aromatic carbocycles. The highest BCUT2D eigenvalue weighted by Crippen LogP contribution is 2.23. The second-order valence-electron chi connectivity index (χ2n) is 4.03. The van der Waals surface area contributed by atoms with Crippen LogP contribution in [-0.2, 0) is 0 Å². The molecule has 0 fully saturated rings. The average Bonchev–Trinajstić information content (AvgIpc) is 2.84. The third kappa shape index (κ3) is 1.68. The van der Waals surface area contributed by atoms with E-state index in [1.165, 1.54) is 0 Å². The second kappa shape index (κ2) is 4.07. The van der Waals surface area contributed by atoms with Crippen LogP contribution in [0.5, 0.6) is 5.75 Å². The number of nitrogens with zero attached hydrogens (tertiary/aromatic N) is 2. The van der Waals surface area contributed by atoms with Gasteiger partial charge in [-0.15, -0.1) is 0 Å². The maximum atomic E-state index is 5.90. The first kappa shape index (κ1) is 10.7. The SMILES string of the molecule is COc1ccc(-c2cn3c(N)cccc3n2)cc1. The lowest BCUT2D eigenvalue weighted by Gasteiger charge is -2.00. The highest BCUT2D eigenvalue weighted by Gasteiger charge is 2.05. The highest BCUT2D eigenvalue weighted by atomic mass is 16.5. The van der Waals surface area contributed by atoms with E-state index in [0.29, 0.717) is 5.82 Å². The Labute approximate surface area is 105 Å². The Morgan fingerprint density at radius 2 is 1.89 bits per heavy atom. The van der Waals surface area contributed by atoms with Crippen molar-refractivity contribution in [1.29, 1.82) is 0 Å². The van der Waals surface area contributed by atoms with E-state index >= 15 is 0 Å². The van der Waals surface area contributed by atoms with Crippen molar-refractivity contribution in [2.24, 2.45) is 0 Å². The van der Waals surface area contributed by atoms with Crippen LogP contribution in [0, 0.1) is 0 Å². The van der Waals surface area contributed by atoms with E-state index < -0.39 is 0 Å². The summed E-state index contributed by atoms with van der Waals surface area (Å²) in [5.41, 5.74) is 8.68. The monoisotopic (exact) mass is 239 g/mol. The molecule has 4 nitrogen and oxygen atoms in total. The summed E-state index contributed by atoms with van der Waals surface area (Å²) in [6, 6.07) is 13.5. The number of nitrogens with two attached hydrogens (primary N) is 1. The molecule has 0 unspecified atom stereocenters. The van der Waals surface area contributed by atoms with Gasteiger partial charge in [0.1, 0.15) is 17.2 Å². The molecule has 0 aliphatic heterocycles. The molecule has 2 heterocycles. The summed E-state index contributed by atoms with van der Waals surface area (Å²) < 4.78 is 7.01. The van der Waals surface area contributed by atoms with Crippen molar-refractivity contribution in [1.82, 2.24) is 9.38 Å². The molecule has 0 spiro atoms. The number of fused-ring (bicyclic) bond motifs is 1. The number of ether oxygens (including phenoxy) is 1. The van der Waals surface area contributed by atoms with Crippen molar-refractivity contribution in [3.63, 3.8) is 0 Å². The van der Waals surface area contributed by atoms with E-state index in [1.54, 1.807) is 7.11 Å². The predicted octanol–water partition coefficient (Wildman–Crippen LogP) is 2.59. The van der Waals surface area contributed by atoms with Gasteiger partial charge in [-0.05, 0) is 36.4 Å². The van der Waals surface area contributed by atoms with Gasteiger partial charge in [-0.2, -0.15) is 0 Å². The maximum Gasteiger partial charge on any atom is 0.139 e. The maximum absolute atomic E-state index is 5.90. The van der Waals surface area contributed by atoms with Crippen LogP contribution in [0.2, 0.25) is 0 Å². The zero-order valence-corrected chi connectivity index (χ0v) is 10.00. The molecule has 0 aliphatic rings. The third-order valence-corrected chi connectivity index (χ3v) is 2.91. The van der Waals surface area contributed by atoms with Gasteiger partial charge in [0.25, 0.3) is 0 Å².